The third-order valence-corrected chi connectivity index (χ3v) is 10.3. The van der Waals surface area contributed by atoms with Crippen molar-refractivity contribution in [2.24, 2.45) is 0 Å². The summed E-state index contributed by atoms with van der Waals surface area (Å²) in [6.45, 7) is -0.0445. The lowest BCUT2D eigenvalue weighted by Gasteiger charge is -2.23. The van der Waals surface area contributed by atoms with Gasteiger partial charge in [-0.15, -0.1) is 0 Å². The van der Waals surface area contributed by atoms with E-state index in [1.54, 1.807) is 87.0 Å². The van der Waals surface area contributed by atoms with Crippen LogP contribution in [-0.4, -0.2) is 48.5 Å². The first-order valence-corrected chi connectivity index (χ1v) is 17.5. The summed E-state index contributed by atoms with van der Waals surface area (Å²) in [5, 5.41) is 7.74. The van der Waals surface area contributed by atoms with E-state index >= 15 is 0 Å². The second-order valence-electron chi connectivity index (χ2n) is 11.6. The van der Waals surface area contributed by atoms with Gasteiger partial charge in [0.05, 0.1) is 31.1 Å². The third kappa shape index (κ3) is 8.09. The van der Waals surface area contributed by atoms with Crippen LogP contribution in [0.15, 0.2) is 120 Å². The van der Waals surface area contributed by atoms with Gasteiger partial charge in [0, 0.05) is 40.9 Å². The highest BCUT2D eigenvalue weighted by Gasteiger charge is 2.30. The van der Waals surface area contributed by atoms with E-state index in [0.717, 1.165) is 16.8 Å². The largest absolute Gasteiger partial charge is 0.497 e. The standard InChI is InChI=1S/C38H32ClFN4O6S/c1-49-31-15-7-25(8-16-31)22-43(23-26-9-17-32(50-2)18-10-26)51(47,48)36-21-30(41-37(45)19-28-5-3-4-6-34(28)39)20-35-33(36)24-44(42-35)38(46)27-11-13-29(40)14-12-27/h3-18,20-21,24H,19,22-23H2,1-2H3,(H,41,45). The number of fused-ring (bicyclic) bond motifs is 1. The van der Waals surface area contributed by atoms with Gasteiger partial charge in [0.2, 0.25) is 15.9 Å². The Morgan fingerprint density at radius 3 is 2.00 bits per heavy atom. The highest BCUT2D eigenvalue weighted by molar-refractivity contribution is 7.89. The van der Waals surface area contributed by atoms with Crippen molar-refractivity contribution in [3.63, 3.8) is 0 Å². The molecule has 1 N–H and O–H groups in total. The monoisotopic (exact) mass is 726 g/mol. The minimum atomic E-state index is -4.38. The van der Waals surface area contributed by atoms with Gasteiger partial charge in [-0.05, 0) is 83.4 Å². The molecule has 0 unspecified atom stereocenters. The molecule has 0 saturated heterocycles. The molecule has 0 aliphatic rings. The van der Waals surface area contributed by atoms with Gasteiger partial charge < -0.3 is 14.8 Å². The van der Waals surface area contributed by atoms with Crippen LogP contribution in [-0.2, 0) is 34.3 Å². The lowest BCUT2D eigenvalue weighted by atomic mass is 10.1. The molecule has 0 aliphatic heterocycles. The summed E-state index contributed by atoms with van der Waals surface area (Å²) in [7, 11) is -1.29. The SMILES string of the molecule is COc1ccc(CN(Cc2ccc(OC)cc2)S(=O)(=O)c2cc(NC(=O)Cc3ccccc3Cl)cc3nn(C(=O)c4ccc(F)cc4)cc23)cc1. The van der Waals surface area contributed by atoms with E-state index in [0.29, 0.717) is 33.2 Å². The molecule has 1 amide bonds. The van der Waals surface area contributed by atoms with E-state index in [2.05, 4.69) is 10.4 Å². The maximum absolute atomic E-state index is 14.8. The second kappa shape index (κ2) is 15.1. The fraction of sp³-hybridized carbons (Fsp3) is 0.132. The van der Waals surface area contributed by atoms with Crippen LogP contribution in [0, 0.1) is 5.82 Å². The number of nitrogens with zero attached hydrogens (tertiary/aromatic N) is 3. The molecule has 10 nitrogen and oxygen atoms in total. The van der Waals surface area contributed by atoms with E-state index in [1.165, 1.54) is 34.8 Å². The Labute approximate surface area is 299 Å². The molecule has 6 aromatic rings. The number of nitrogens with one attached hydrogen (secondary N) is 1. The van der Waals surface area contributed by atoms with E-state index in [1.807, 2.05) is 0 Å². The average Bonchev–Trinajstić information content (AvgIpc) is 3.56. The first-order valence-electron chi connectivity index (χ1n) is 15.7. The Kier molecular flexibility index (Phi) is 10.5. The summed E-state index contributed by atoms with van der Waals surface area (Å²) in [5.41, 5.74) is 2.39. The predicted molar refractivity (Wildman–Crippen MR) is 192 cm³/mol. The lowest BCUT2D eigenvalue weighted by molar-refractivity contribution is -0.115. The van der Waals surface area contributed by atoms with Crippen LogP contribution in [0.25, 0.3) is 10.9 Å². The number of hydrogen-bond acceptors (Lipinski definition) is 7. The average molecular weight is 727 g/mol. The van der Waals surface area contributed by atoms with Crippen molar-refractivity contribution in [3.05, 3.63) is 148 Å². The molecular formula is C38H32ClFN4O6S. The summed E-state index contributed by atoms with van der Waals surface area (Å²) in [6.07, 6.45) is 1.25. The van der Waals surface area contributed by atoms with Crippen molar-refractivity contribution in [1.29, 1.82) is 0 Å². The van der Waals surface area contributed by atoms with Gasteiger partial charge in [0.15, 0.2) is 0 Å². The van der Waals surface area contributed by atoms with Crippen LogP contribution in [0.1, 0.15) is 27.0 Å². The van der Waals surface area contributed by atoms with Crippen LogP contribution in [0.3, 0.4) is 0 Å². The molecule has 13 heteroatoms. The lowest BCUT2D eigenvalue weighted by Crippen LogP contribution is -2.30. The highest BCUT2D eigenvalue weighted by Crippen LogP contribution is 2.32. The number of anilines is 1. The van der Waals surface area contributed by atoms with E-state index in [4.69, 9.17) is 21.1 Å². The topological polar surface area (TPSA) is 120 Å². The maximum Gasteiger partial charge on any atom is 0.278 e. The van der Waals surface area contributed by atoms with E-state index in [9.17, 15) is 22.4 Å². The molecule has 0 bridgehead atoms. The number of aromatic nitrogens is 2. The minimum absolute atomic E-state index is 0.0222. The van der Waals surface area contributed by atoms with Gasteiger partial charge in [0.25, 0.3) is 5.91 Å². The molecule has 0 saturated carbocycles. The highest BCUT2D eigenvalue weighted by atomic mass is 35.5. The van der Waals surface area contributed by atoms with E-state index in [-0.39, 0.29) is 46.6 Å². The quantitative estimate of drug-likeness (QED) is 0.143. The van der Waals surface area contributed by atoms with Crippen LogP contribution in [0.5, 0.6) is 11.5 Å². The third-order valence-electron chi connectivity index (χ3n) is 8.13. The number of benzene rings is 5. The molecule has 0 spiro atoms. The summed E-state index contributed by atoms with van der Waals surface area (Å²) in [5.74, 6) is -0.336. The molecule has 0 fully saturated rings. The predicted octanol–water partition coefficient (Wildman–Crippen LogP) is 7.11. The smallest absolute Gasteiger partial charge is 0.278 e. The molecule has 1 aromatic heterocycles. The number of ether oxygens (including phenoxy) is 2. The van der Waals surface area contributed by atoms with Gasteiger partial charge in [0.1, 0.15) is 17.3 Å². The minimum Gasteiger partial charge on any atom is -0.497 e. The summed E-state index contributed by atoms with van der Waals surface area (Å²) in [4.78, 5) is 26.5. The Bertz CT molecular complexity index is 2260. The molecule has 51 heavy (non-hydrogen) atoms. The number of rotatable bonds is 12. The summed E-state index contributed by atoms with van der Waals surface area (Å²) in [6, 6.07) is 28.7. The Balaban J connectivity index is 1.45. The normalized spacial score (nSPS) is 11.5. The summed E-state index contributed by atoms with van der Waals surface area (Å²) < 4.78 is 56.2. The van der Waals surface area contributed by atoms with Crippen molar-refractivity contribution >= 4 is 50.0 Å². The zero-order valence-corrected chi connectivity index (χ0v) is 29.1. The molecule has 5 aromatic carbocycles. The van der Waals surface area contributed by atoms with Gasteiger partial charge in [-0.1, -0.05) is 54.1 Å². The van der Waals surface area contributed by atoms with Crippen molar-refractivity contribution in [2.75, 3.05) is 19.5 Å². The Hall–Kier alpha value is -5.56. The van der Waals surface area contributed by atoms with Crippen molar-refractivity contribution < 1.29 is 31.9 Å². The molecule has 0 atom stereocenters. The first-order chi connectivity index (χ1) is 24.5. The number of methoxy groups -OCH3 is 2. The summed E-state index contributed by atoms with van der Waals surface area (Å²) >= 11 is 6.28. The number of amides is 1. The number of carbonyl (C=O) groups is 2. The fourth-order valence-electron chi connectivity index (χ4n) is 5.46. The van der Waals surface area contributed by atoms with Crippen molar-refractivity contribution in [3.8, 4) is 11.5 Å². The molecular weight excluding hydrogens is 695 g/mol. The molecule has 1 heterocycles. The number of halogens is 2. The van der Waals surface area contributed by atoms with E-state index < -0.39 is 27.7 Å². The molecule has 0 radical (unpaired) electrons. The van der Waals surface area contributed by atoms with Crippen LogP contribution in [0.2, 0.25) is 5.02 Å². The molecule has 6 rings (SSSR count). The number of sulfonamides is 1. The van der Waals surface area contributed by atoms with Crippen molar-refractivity contribution in [2.45, 2.75) is 24.4 Å². The molecule has 260 valence electrons. The zero-order valence-electron chi connectivity index (χ0n) is 27.5. The first kappa shape index (κ1) is 35.3. The number of carbonyl (C=O) groups excluding carboxylic acids is 2. The van der Waals surface area contributed by atoms with Gasteiger partial charge in [-0.25, -0.2) is 17.5 Å². The van der Waals surface area contributed by atoms with Crippen LogP contribution in [0.4, 0.5) is 10.1 Å². The van der Waals surface area contributed by atoms with Gasteiger partial charge >= 0.3 is 0 Å². The fourth-order valence-corrected chi connectivity index (χ4v) is 7.29. The van der Waals surface area contributed by atoms with Crippen LogP contribution < -0.4 is 14.8 Å². The maximum atomic E-state index is 14.8. The van der Waals surface area contributed by atoms with Gasteiger partial charge in [-0.2, -0.15) is 9.40 Å². The van der Waals surface area contributed by atoms with Gasteiger partial charge in [-0.3, -0.25) is 9.59 Å². The Morgan fingerprint density at radius 2 is 1.43 bits per heavy atom. The zero-order chi connectivity index (χ0) is 36.1. The van der Waals surface area contributed by atoms with Crippen molar-refractivity contribution in [1.82, 2.24) is 14.1 Å². The second-order valence-corrected chi connectivity index (χ2v) is 13.9. The van der Waals surface area contributed by atoms with Crippen LogP contribution >= 0.6 is 11.6 Å². The Morgan fingerprint density at radius 1 is 0.843 bits per heavy atom. The molecule has 0 aliphatic carbocycles. The number of hydrogen-bond donors (Lipinski definition) is 1.